The van der Waals surface area contributed by atoms with Gasteiger partial charge in [0.2, 0.25) is 0 Å². The third kappa shape index (κ3) is 5.83. The van der Waals surface area contributed by atoms with Crippen molar-refractivity contribution in [1.29, 1.82) is 0 Å². The molecule has 1 aromatic heterocycles. The Morgan fingerprint density at radius 2 is 1.64 bits per heavy atom. The smallest absolute Gasteiger partial charge is 0.416 e. The van der Waals surface area contributed by atoms with Crippen LogP contribution in [0.5, 0.6) is 0 Å². The molecule has 1 N–H and O–H groups in total. The van der Waals surface area contributed by atoms with Crippen molar-refractivity contribution in [2.24, 2.45) is 0 Å². The number of carbonyl (C=O) groups excluding carboxylic acids is 3. The number of ketones is 1. The lowest BCUT2D eigenvalue weighted by molar-refractivity contribution is -0.137. The van der Waals surface area contributed by atoms with Gasteiger partial charge in [-0.05, 0) is 57.2 Å². The molecule has 0 aliphatic heterocycles. The van der Waals surface area contributed by atoms with Crippen molar-refractivity contribution in [3.63, 3.8) is 0 Å². The number of alkyl halides is 3. The van der Waals surface area contributed by atoms with Gasteiger partial charge in [0.05, 0.1) is 11.3 Å². The standard InChI is InChI=1S/C23H19F3N2O4S/c1-12-19(33-21(27-12)16-4-8-17(9-5-16)23(24,25)26)22(31)32-14(3)20(30)28-18-10-6-15(7-11-18)13(2)29/h4-11,14H,1-3H3,(H,28,30). The topological polar surface area (TPSA) is 85.4 Å². The van der Waals surface area contributed by atoms with Gasteiger partial charge in [0.1, 0.15) is 9.88 Å². The molecule has 0 spiro atoms. The van der Waals surface area contributed by atoms with Gasteiger partial charge in [-0.3, -0.25) is 9.59 Å². The molecule has 172 valence electrons. The second kappa shape index (κ2) is 9.53. The van der Waals surface area contributed by atoms with Crippen LogP contribution in [0.3, 0.4) is 0 Å². The maximum Gasteiger partial charge on any atom is 0.416 e. The highest BCUT2D eigenvalue weighted by molar-refractivity contribution is 7.17. The van der Waals surface area contributed by atoms with E-state index in [2.05, 4.69) is 10.3 Å². The van der Waals surface area contributed by atoms with Crippen LogP contribution < -0.4 is 5.32 Å². The van der Waals surface area contributed by atoms with Crippen molar-refractivity contribution in [2.45, 2.75) is 33.1 Å². The van der Waals surface area contributed by atoms with E-state index >= 15 is 0 Å². The number of anilines is 1. The lowest BCUT2D eigenvalue weighted by Crippen LogP contribution is -2.30. The summed E-state index contributed by atoms with van der Waals surface area (Å²) < 4.78 is 43.5. The molecule has 2 aromatic carbocycles. The Kier molecular flexibility index (Phi) is 6.97. The fourth-order valence-electron chi connectivity index (χ4n) is 2.81. The quantitative estimate of drug-likeness (QED) is 0.374. The summed E-state index contributed by atoms with van der Waals surface area (Å²) in [5.74, 6) is -1.44. The minimum absolute atomic E-state index is 0.106. The SMILES string of the molecule is CC(=O)c1ccc(NC(=O)C(C)OC(=O)c2sc(-c3ccc(C(F)(F)F)cc3)nc2C)cc1. The zero-order chi connectivity index (χ0) is 24.3. The van der Waals surface area contributed by atoms with E-state index in [1.165, 1.54) is 26.0 Å². The maximum atomic E-state index is 12.7. The summed E-state index contributed by atoms with van der Waals surface area (Å²) in [5, 5.41) is 2.95. The summed E-state index contributed by atoms with van der Waals surface area (Å²) in [4.78, 5) is 40.6. The monoisotopic (exact) mass is 476 g/mol. The molecule has 1 amide bonds. The Morgan fingerprint density at radius 3 is 2.18 bits per heavy atom. The van der Waals surface area contributed by atoms with Gasteiger partial charge in [0, 0.05) is 16.8 Å². The van der Waals surface area contributed by atoms with Gasteiger partial charge >= 0.3 is 12.1 Å². The highest BCUT2D eigenvalue weighted by Gasteiger charge is 2.30. The molecule has 0 saturated heterocycles. The molecule has 10 heteroatoms. The summed E-state index contributed by atoms with van der Waals surface area (Å²) >= 11 is 0.965. The zero-order valence-electron chi connectivity index (χ0n) is 17.8. The molecule has 1 unspecified atom stereocenters. The van der Waals surface area contributed by atoms with Gasteiger partial charge in [-0.1, -0.05) is 12.1 Å². The number of hydrogen-bond donors (Lipinski definition) is 1. The third-order valence-electron chi connectivity index (χ3n) is 4.65. The molecule has 0 bridgehead atoms. The van der Waals surface area contributed by atoms with E-state index in [1.807, 2.05) is 0 Å². The minimum atomic E-state index is -4.45. The molecule has 0 aliphatic carbocycles. The number of ether oxygens (including phenoxy) is 1. The number of aromatic nitrogens is 1. The van der Waals surface area contributed by atoms with Crippen LogP contribution >= 0.6 is 11.3 Å². The zero-order valence-corrected chi connectivity index (χ0v) is 18.6. The van der Waals surface area contributed by atoms with Gasteiger partial charge in [-0.15, -0.1) is 11.3 Å². The molecular weight excluding hydrogens is 457 g/mol. The number of nitrogens with zero attached hydrogens (tertiary/aromatic N) is 1. The van der Waals surface area contributed by atoms with Gasteiger partial charge in [0.25, 0.3) is 5.91 Å². The first-order valence-electron chi connectivity index (χ1n) is 9.73. The first-order valence-corrected chi connectivity index (χ1v) is 10.5. The van der Waals surface area contributed by atoms with Gasteiger partial charge in [-0.2, -0.15) is 13.2 Å². The Balaban J connectivity index is 1.66. The Hall–Kier alpha value is -3.53. The van der Waals surface area contributed by atoms with Gasteiger partial charge in [0.15, 0.2) is 11.9 Å². The normalized spacial score (nSPS) is 12.2. The fraction of sp³-hybridized carbons (Fsp3) is 0.217. The fourth-order valence-corrected chi connectivity index (χ4v) is 3.77. The molecule has 3 rings (SSSR count). The number of aryl methyl sites for hydroxylation is 1. The average Bonchev–Trinajstić information content (AvgIpc) is 3.15. The summed E-state index contributed by atoms with van der Waals surface area (Å²) in [7, 11) is 0. The van der Waals surface area contributed by atoms with E-state index < -0.39 is 29.7 Å². The summed E-state index contributed by atoms with van der Waals surface area (Å²) in [6.07, 6.45) is -5.57. The van der Waals surface area contributed by atoms with E-state index in [9.17, 15) is 27.6 Å². The first kappa shape index (κ1) is 24.1. The molecule has 0 aliphatic rings. The number of nitrogens with one attached hydrogen (secondary N) is 1. The van der Waals surface area contributed by atoms with E-state index in [0.29, 0.717) is 27.5 Å². The summed E-state index contributed by atoms with van der Waals surface area (Å²) in [5.41, 5.74) is 0.917. The molecule has 3 aromatic rings. The average molecular weight is 476 g/mol. The first-order chi connectivity index (χ1) is 15.5. The maximum absolute atomic E-state index is 12.7. The molecule has 0 fully saturated rings. The Morgan fingerprint density at radius 1 is 1.03 bits per heavy atom. The number of thiazole rings is 1. The number of hydrogen-bond acceptors (Lipinski definition) is 6. The van der Waals surface area contributed by atoms with Crippen molar-refractivity contribution >= 4 is 34.7 Å². The highest BCUT2D eigenvalue weighted by atomic mass is 32.1. The van der Waals surface area contributed by atoms with Crippen molar-refractivity contribution in [2.75, 3.05) is 5.32 Å². The van der Waals surface area contributed by atoms with Crippen LogP contribution in [-0.2, 0) is 15.7 Å². The molecular formula is C23H19F3N2O4S. The Bertz CT molecular complexity index is 1190. The number of carbonyl (C=O) groups is 3. The molecule has 0 radical (unpaired) electrons. The van der Waals surface area contributed by atoms with Crippen LogP contribution in [0.4, 0.5) is 18.9 Å². The lowest BCUT2D eigenvalue weighted by Gasteiger charge is -2.13. The van der Waals surface area contributed by atoms with Crippen molar-refractivity contribution < 1.29 is 32.3 Å². The number of Topliss-reactive ketones (excluding diaryl/α,β-unsaturated/α-hetero) is 1. The van der Waals surface area contributed by atoms with Crippen molar-refractivity contribution in [3.05, 3.63) is 70.2 Å². The van der Waals surface area contributed by atoms with E-state index in [0.717, 1.165) is 23.5 Å². The number of rotatable bonds is 6. The Labute approximate surface area is 191 Å². The molecule has 1 heterocycles. The summed E-state index contributed by atoms with van der Waals surface area (Å²) in [6, 6.07) is 10.7. The highest BCUT2D eigenvalue weighted by Crippen LogP contribution is 2.33. The number of amides is 1. The largest absolute Gasteiger partial charge is 0.448 e. The van der Waals surface area contributed by atoms with Crippen LogP contribution in [0.25, 0.3) is 10.6 Å². The van der Waals surface area contributed by atoms with Crippen molar-refractivity contribution in [1.82, 2.24) is 4.98 Å². The van der Waals surface area contributed by atoms with E-state index in [-0.39, 0.29) is 10.7 Å². The number of esters is 1. The van der Waals surface area contributed by atoms with Crippen LogP contribution in [0, 0.1) is 6.92 Å². The number of benzene rings is 2. The van der Waals surface area contributed by atoms with Crippen LogP contribution in [0.2, 0.25) is 0 Å². The molecule has 33 heavy (non-hydrogen) atoms. The summed E-state index contributed by atoms with van der Waals surface area (Å²) in [6.45, 7) is 4.41. The van der Waals surface area contributed by atoms with Gasteiger partial charge < -0.3 is 10.1 Å². The van der Waals surface area contributed by atoms with Crippen molar-refractivity contribution in [3.8, 4) is 10.6 Å². The van der Waals surface area contributed by atoms with E-state index in [1.54, 1.807) is 31.2 Å². The number of halogens is 3. The second-order valence-electron chi connectivity index (χ2n) is 7.18. The molecule has 6 nitrogen and oxygen atoms in total. The predicted octanol–water partition coefficient (Wildman–Crippen LogP) is 5.52. The van der Waals surface area contributed by atoms with E-state index in [4.69, 9.17) is 4.74 Å². The predicted molar refractivity (Wildman–Crippen MR) is 117 cm³/mol. The molecule has 1 atom stereocenters. The van der Waals surface area contributed by atoms with Crippen LogP contribution in [0.15, 0.2) is 48.5 Å². The lowest BCUT2D eigenvalue weighted by atomic mass is 10.1. The van der Waals surface area contributed by atoms with Gasteiger partial charge in [-0.25, -0.2) is 9.78 Å². The third-order valence-corrected chi connectivity index (χ3v) is 5.84. The van der Waals surface area contributed by atoms with Crippen LogP contribution in [-0.4, -0.2) is 28.7 Å². The molecule has 0 saturated carbocycles. The van der Waals surface area contributed by atoms with Crippen LogP contribution in [0.1, 0.15) is 45.1 Å². The minimum Gasteiger partial charge on any atom is -0.448 e. The second-order valence-corrected chi connectivity index (χ2v) is 8.18.